The fraction of sp³-hybridized carbons (Fsp3) is 0.533. The molecule has 0 radical (unpaired) electrons. The van der Waals surface area contributed by atoms with Gasteiger partial charge in [-0.1, -0.05) is 0 Å². The maximum absolute atomic E-state index is 10.8. The van der Waals surface area contributed by atoms with Crippen LogP contribution in [0.4, 0.5) is 0 Å². The van der Waals surface area contributed by atoms with Gasteiger partial charge in [0.15, 0.2) is 5.78 Å². The third-order valence-corrected chi connectivity index (χ3v) is 3.37. The molecule has 0 aromatic heterocycles. The summed E-state index contributed by atoms with van der Waals surface area (Å²) in [5, 5.41) is 38.4. The lowest BCUT2D eigenvalue weighted by molar-refractivity contribution is -0.277. The highest BCUT2D eigenvalue weighted by Gasteiger charge is 2.44. The number of benzene rings is 1. The molecule has 4 N–H and O–H groups in total. The van der Waals surface area contributed by atoms with Crippen molar-refractivity contribution in [3.05, 3.63) is 24.3 Å². The summed E-state index contributed by atoms with van der Waals surface area (Å²) in [5.41, 5.74) is 0. The van der Waals surface area contributed by atoms with E-state index in [1.807, 2.05) is 0 Å². The van der Waals surface area contributed by atoms with Crippen molar-refractivity contribution < 1.29 is 39.4 Å². The quantitative estimate of drug-likeness (QED) is 0.515. The molecule has 128 valence electrons. The van der Waals surface area contributed by atoms with Crippen molar-refractivity contribution in [1.29, 1.82) is 0 Å². The van der Waals surface area contributed by atoms with Crippen LogP contribution in [0, 0.1) is 0 Å². The highest BCUT2D eigenvalue weighted by atomic mass is 16.7. The number of hydrogen-bond donors (Lipinski definition) is 4. The molecule has 8 heteroatoms. The first-order chi connectivity index (χ1) is 10.9. The molecule has 0 spiro atoms. The molecule has 1 aromatic carbocycles. The Kier molecular flexibility index (Phi) is 5.91. The zero-order valence-electron chi connectivity index (χ0n) is 12.5. The molecule has 1 aliphatic rings. The third-order valence-electron chi connectivity index (χ3n) is 3.37. The van der Waals surface area contributed by atoms with Crippen LogP contribution < -0.4 is 9.47 Å². The van der Waals surface area contributed by atoms with Crippen LogP contribution in [0.25, 0.3) is 0 Å². The molecule has 8 nitrogen and oxygen atoms in total. The fourth-order valence-corrected chi connectivity index (χ4v) is 2.10. The lowest BCUT2D eigenvalue weighted by Gasteiger charge is -2.39. The van der Waals surface area contributed by atoms with Crippen LogP contribution in [0.1, 0.15) is 6.92 Å². The van der Waals surface area contributed by atoms with Crippen molar-refractivity contribution >= 4 is 5.78 Å². The highest BCUT2D eigenvalue weighted by molar-refractivity contribution is 5.77. The molecule has 1 aliphatic heterocycles. The Hall–Kier alpha value is -1.71. The number of Topliss-reactive ketones (excluding diaryl/α,β-unsaturated/α-hetero) is 1. The van der Waals surface area contributed by atoms with Crippen LogP contribution in [0.3, 0.4) is 0 Å². The van der Waals surface area contributed by atoms with Crippen molar-refractivity contribution in [3.8, 4) is 11.5 Å². The summed E-state index contributed by atoms with van der Waals surface area (Å²) in [5.74, 6) is 0.692. The molecule has 5 atom stereocenters. The molecule has 0 aliphatic carbocycles. The second-order valence-corrected chi connectivity index (χ2v) is 5.28. The molecule has 1 fully saturated rings. The van der Waals surface area contributed by atoms with E-state index in [9.17, 15) is 20.1 Å². The van der Waals surface area contributed by atoms with Crippen LogP contribution in [0.15, 0.2) is 24.3 Å². The second kappa shape index (κ2) is 7.71. The van der Waals surface area contributed by atoms with Gasteiger partial charge >= 0.3 is 0 Å². The summed E-state index contributed by atoms with van der Waals surface area (Å²) in [6.45, 7) is 0.853. The minimum Gasteiger partial charge on any atom is -0.486 e. The predicted octanol–water partition coefficient (Wildman–Crippen LogP) is -1.17. The third kappa shape index (κ3) is 4.40. The Labute approximate surface area is 132 Å². The van der Waals surface area contributed by atoms with E-state index >= 15 is 0 Å². The van der Waals surface area contributed by atoms with Crippen molar-refractivity contribution in [3.63, 3.8) is 0 Å². The molecule has 0 amide bonds. The van der Waals surface area contributed by atoms with Crippen LogP contribution >= 0.6 is 0 Å². The standard InChI is InChI=1S/C15H20O8/c1-8(17)7-21-9-2-4-10(5-3-9)22-15-14(20)13(19)12(18)11(6-16)23-15/h2-5,11-16,18-20H,6-7H2,1H3. The first-order valence-electron chi connectivity index (χ1n) is 7.12. The second-order valence-electron chi connectivity index (χ2n) is 5.28. The van der Waals surface area contributed by atoms with E-state index in [0.29, 0.717) is 11.5 Å². The van der Waals surface area contributed by atoms with E-state index in [1.54, 1.807) is 12.1 Å². The molecule has 1 heterocycles. The summed E-state index contributed by atoms with van der Waals surface area (Å²) < 4.78 is 15.9. The topological polar surface area (TPSA) is 126 Å². The number of ketones is 1. The number of ether oxygens (including phenoxy) is 3. The molecule has 1 saturated heterocycles. The van der Waals surface area contributed by atoms with Crippen LogP contribution in [-0.4, -0.2) is 70.1 Å². The van der Waals surface area contributed by atoms with Gasteiger partial charge in [-0.2, -0.15) is 0 Å². The smallest absolute Gasteiger partial charge is 0.229 e. The van der Waals surface area contributed by atoms with Crippen LogP contribution in [0.5, 0.6) is 11.5 Å². The van der Waals surface area contributed by atoms with Gasteiger partial charge in [0.1, 0.15) is 42.5 Å². The van der Waals surface area contributed by atoms with Crippen LogP contribution in [-0.2, 0) is 9.53 Å². The van der Waals surface area contributed by atoms with Crippen LogP contribution in [0.2, 0.25) is 0 Å². The van der Waals surface area contributed by atoms with Gasteiger partial charge < -0.3 is 34.6 Å². The number of carbonyl (C=O) groups is 1. The summed E-state index contributed by atoms with van der Waals surface area (Å²) >= 11 is 0. The predicted molar refractivity (Wildman–Crippen MR) is 77.0 cm³/mol. The molecule has 0 saturated carbocycles. The van der Waals surface area contributed by atoms with E-state index < -0.39 is 37.3 Å². The molecule has 1 aromatic rings. The largest absolute Gasteiger partial charge is 0.486 e. The van der Waals surface area contributed by atoms with Crippen molar-refractivity contribution in [1.82, 2.24) is 0 Å². The normalized spacial score (nSPS) is 30.7. The van der Waals surface area contributed by atoms with Gasteiger partial charge in [0.25, 0.3) is 0 Å². The van der Waals surface area contributed by atoms with Gasteiger partial charge in [-0.25, -0.2) is 0 Å². The van der Waals surface area contributed by atoms with Gasteiger partial charge in [0.05, 0.1) is 6.61 Å². The molecular weight excluding hydrogens is 308 g/mol. The highest BCUT2D eigenvalue weighted by Crippen LogP contribution is 2.25. The van der Waals surface area contributed by atoms with E-state index in [-0.39, 0.29) is 12.4 Å². The van der Waals surface area contributed by atoms with E-state index in [0.717, 1.165) is 0 Å². The fourth-order valence-electron chi connectivity index (χ4n) is 2.10. The average Bonchev–Trinajstić information content (AvgIpc) is 2.54. The summed E-state index contributed by atoms with van der Waals surface area (Å²) in [6.07, 6.45) is -6.67. The zero-order chi connectivity index (χ0) is 17.0. The van der Waals surface area contributed by atoms with Crippen molar-refractivity contribution in [2.45, 2.75) is 37.6 Å². The van der Waals surface area contributed by atoms with Gasteiger partial charge in [0.2, 0.25) is 6.29 Å². The Bertz CT molecular complexity index is 515. The van der Waals surface area contributed by atoms with Crippen molar-refractivity contribution in [2.75, 3.05) is 13.2 Å². The van der Waals surface area contributed by atoms with Gasteiger partial charge in [-0.05, 0) is 31.2 Å². The lowest BCUT2D eigenvalue weighted by atomic mass is 9.99. The monoisotopic (exact) mass is 328 g/mol. The van der Waals surface area contributed by atoms with E-state index in [1.165, 1.54) is 19.1 Å². The summed E-state index contributed by atoms with van der Waals surface area (Å²) in [6, 6.07) is 6.22. The Balaban J connectivity index is 1.99. The Morgan fingerprint density at radius 2 is 1.70 bits per heavy atom. The van der Waals surface area contributed by atoms with Crippen molar-refractivity contribution in [2.24, 2.45) is 0 Å². The Morgan fingerprint density at radius 3 is 2.26 bits per heavy atom. The minimum absolute atomic E-state index is 0.0348. The molecule has 23 heavy (non-hydrogen) atoms. The number of aliphatic hydroxyl groups excluding tert-OH is 4. The van der Waals surface area contributed by atoms with E-state index in [2.05, 4.69) is 0 Å². The average molecular weight is 328 g/mol. The summed E-state index contributed by atoms with van der Waals surface area (Å²) in [7, 11) is 0. The van der Waals surface area contributed by atoms with Gasteiger partial charge in [-0.15, -0.1) is 0 Å². The number of carbonyl (C=O) groups excluding carboxylic acids is 1. The lowest BCUT2D eigenvalue weighted by Crippen LogP contribution is -2.60. The number of hydrogen-bond acceptors (Lipinski definition) is 8. The maximum atomic E-state index is 10.8. The number of aliphatic hydroxyl groups is 4. The van der Waals surface area contributed by atoms with Gasteiger partial charge in [0, 0.05) is 0 Å². The summed E-state index contributed by atoms with van der Waals surface area (Å²) in [4.78, 5) is 10.8. The van der Waals surface area contributed by atoms with Gasteiger partial charge in [-0.3, -0.25) is 4.79 Å². The molecular formula is C15H20O8. The minimum atomic E-state index is -1.50. The molecule has 0 bridgehead atoms. The molecule has 5 unspecified atom stereocenters. The molecule has 2 rings (SSSR count). The first-order valence-corrected chi connectivity index (χ1v) is 7.12. The maximum Gasteiger partial charge on any atom is 0.229 e. The first kappa shape index (κ1) is 17.6. The number of rotatable bonds is 6. The SMILES string of the molecule is CC(=O)COc1ccc(OC2OC(CO)C(O)C(O)C2O)cc1. The Morgan fingerprint density at radius 1 is 1.09 bits per heavy atom. The van der Waals surface area contributed by atoms with E-state index in [4.69, 9.17) is 19.3 Å². The zero-order valence-corrected chi connectivity index (χ0v) is 12.5.